The third-order valence-corrected chi connectivity index (χ3v) is 5.50. The van der Waals surface area contributed by atoms with Gasteiger partial charge in [-0.05, 0) is 60.8 Å². The topological polar surface area (TPSA) is 19.4 Å². The molecule has 0 radical (unpaired) electrons. The zero-order chi connectivity index (χ0) is 13.4. The number of aromatic nitrogens is 1. The molecule has 1 aromatic rings. The first-order chi connectivity index (χ1) is 9.16. The van der Waals surface area contributed by atoms with Gasteiger partial charge >= 0.3 is 0 Å². The van der Waals surface area contributed by atoms with Gasteiger partial charge in [0.05, 0.1) is 4.47 Å². The molecule has 0 aromatic carbocycles. The number of fused-ring (bicyclic) bond motifs is 1. The zero-order valence-corrected chi connectivity index (χ0v) is 13.4. The second kappa shape index (κ2) is 5.41. The van der Waals surface area contributed by atoms with Crippen LogP contribution in [0.5, 0.6) is 0 Å². The summed E-state index contributed by atoms with van der Waals surface area (Å²) in [5.41, 5.74) is 1.27. The van der Waals surface area contributed by atoms with Crippen LogP contribution in [0.3, 0.4) is 0 Å². The number of nitrogens with zero attached hydrogens (tertiary/aromatic N) is 3. The average Bonchev–Trinajstić information content (AvgIpc) is 2.41. The summed E-state index contributed by atoms with van der Waals surface area (Å²) in [7, 11) is 0. The van der Waals surface area contributed by atoms with Crippen LogP contribution in [0.15, 0.2) is 16.7 Å². The largest absolute Gasteiger partial charge is 0.350 e. The lowest BCUT2D eigenvalue weighted by Crippen LogP contribution is -2.59. The molecular formula is C15H22BrN3. The molecule has 2 unspecified atom stereocenters. The number of halogens is 1. The molecule has 19 heavy (non-hydrogen) atoms. The van der Waals surface area contributed by atoms with Crippen LogP contribution in [-0.2, 0) is 0 Å². The van der Waals surface area contributed by atoms with E-state index in [2.05, 4.69) is 50.6 Å². The summed E-state index contributed by atoms with van der Waals surface area (Å²) in [5.74, 6) is 1.12. The van der Waals surface area contributed by atoms with Gasteiger partial charge in [0.1, 0.15) is 5.82 Å². The number of hydrogen-bond acceptors (Lipinski definition) is 3. The van der Waals surface area contributed by atoms with Crippen molar-refractivity contribution in [2.24, 2.45) is 0 Å². The Morgan fingerprint density at radius 2 is 2.16 bits per heavy atom. The second-order valence-corrected chi connectivity index (χ2v) is 6.70. The number of rotatable bonds is 1. The highest BCUT2D eigenvalue weighted by Crippen LogP contribution is 2.32. The molecule has 0 aliphatic carbocycles. The molecule has 0 N–H and O–H groups in total. The first-order valence-corrected chi connectivity index (χ1v) is 8.08. The normalized spacial score (nSPS) is 28.3. The lowest BCUT2D eigenvalue weighted by molar-refractivity contribution is 0.115. The molecule has 3 nitrogen and oxygen atoms in total. The summed E-state index contributed by atoms with van der Waals surface area (Å²) < 4.78 is 1.16. The van der Waals surface area contributed by atoms with E-state index in [-0.39, 0.29) is 0 Å². The summed E-state index contributed by atoms with van der Waals surface area (Å²) in [6, 6.07) is 3.33. The highest BCUT2D eigenvalue weighted by atomic mass is 79.9. The highest BCUT2D eigenvalue weighted by molar-refractivity contribution is 9.10. The maximum atomic E-state index is 4.61. The van der Waals surface area contributed by atoms with Crippen molar-refractivity contribution in [1.82, 2.24) is 9.88 Å². The van der Waals surface area contributed by atoms with Gasteiger partial charge in [-0.25, -0.2) is 4.98 Å². The maximum absolute atomic E-state index is 4.61. The van der Waals surface area contributed by atoms with E-state index in [1.807, 2.05) is 6.20 Å². The number of hydrogen-bond donors (Lipinski definition) is 0. The van der Waals surface area contributed by atoms with E-state index in [4.69, 9.17) is 0 Å². The first-order valence-electron chi connectivity index (χ1n) is 7.28. The van der Waals surface area contributed by atoms with E-state index in [9.17, 15) is 0 Å². The van der Waals surface area contributed by atoms with Crippen molar-refractivity contribution < 1.29 is 0 Å². The molecule has 0 spiro atoms. The van der Waals surface area contributed by atoms with Gasteiger partial charge in [0.25, 0.3) is 0 Å². The quantitative estimate of drug-likeness (QED) is 0.791. The van der Waals surface area contributed by atoms with Crippen molar-refractivity contribution in [3.05, 3.63) is 22.3 Å². The van der Waals surface area contributed by atoms with Gasteiger partial charge in [0.2, 0.25) is 0 Å². The molecule has 2 saturated heterocycles. The van der Waals surface area contributed by atoms with Crippen molar-refractivity contribution >= 4 is 21.7 Å². The lowest BCUT2D eigenvalue weighted by Gasteiger charge is -2.48. The highest BCUT2D eigenvalue weighted by Gasteiger charge is 2.34. The number of piperidine rings is 1. The van der Waals surface area contributed by atoms with E-state index in [1.165, 1.54) is 37.9 Å². The third-order valence-electron chi connectivity index (χ3n) is 4.52. The molecule has 2 atom stereocenters. The molecule has 2 aliphatic rings. The Kier molecular flexibility index (Phi) is 3.81. The van der Waals surface area contributed by atoms with E-state index < -0.39 is 0 Å². The molecule has 104 valence electrons. The fourth-order valence-electron chi connectivity index (χ4n) is 3.37. The molecule has 2 aliphatic heterocycles. The number of anilines is 1. The van der Waals surface area contributed by atoms with Crippen LogP contribution in [0.2, 0.25) is 0 Å². The Morgan fingerprint density at radius 1 is 1.32 bits per heavy atom. The average molecular weight is 324 g/mol. The SMILES string of the molecule is Cc1ccnc(N2CC3CCCCN3CC2C)c1Br. The fraction of sp³-hybridized carbons (Fsp3) is 0.667. The third kappa shape index (κ3) is 2.52. The van der Waals surface area contributed by atoms with Crippen LogP contribution in [0, 0.1) is 6.92 Å². The first kappa shape index (κ1) is 13.4. The minimum atomic E-state index is 0.542. The van der Waals surface area contributed by atoms with Crippen LogP contribution in [0.25, 0.3) is 0 Å². The van der Waals surface area contributed by atoms with Crippen molar-refractivity contribution in [1.29, 1.82) is 0 Å². The Hall–Kier alpha value is -0.610. The van der Waals surface area contributed by atoms with Crippen molar-refractivity contribution in [3.63, 3.8) is 0 Å². The lowest BCUT2D eigenvalue weighted by atomic mass is 9.97. The summed E-state index contributed by atoms with van der Waals surface area (Å²) in [6.45, 7) is 8.03. The van der Waals surface area contributed by atoms with Gasteiger partial charge in [-0.1, -0.05) is 6.42 Å². The minimum absolute atomic E-state index is 0.542. The van der Waals surface area contributed by atoms with E-state index in [0.717, 1.165) is 22.9 Å². The predicted octanol–water partition coefficient (Wildman–Crippen LogP) is 3.22. The van der Waals surface area contributed by atoms with Gasteiger partial charge in [-0.3, -0.25) is 4.90 Å². The predicted molar refractivity (Wildman–Crippen MR) is 82.7 cm³/mol. The molecule has 1 aromatic heterocycles. The smallest absolute Gasteiger partial charge is 0.143 e. The minimum Gasteiger partial charge on any atom is -0.350 e. The molecule has 4 heteroatoms. The number of aryl methyl sites for hydroxylation is 1. The second-order valence-electron chi connectivity index (χ2n) is 5.91. The summed E-state index contributed by atoms with van der Waals surface area (Å²) in [5, 5.41) is 0. The van der Waals surface area contributed by atoms with Gasteiger partial charge < -0.3 is 4.90 Å². The van der Waals surface area contributed by atoms with Crippen LogP contribution in [0.1, 0.15) is 31.7 Å². The fourth-order valence-corrected chi connectivity index (χ4v) is 3.84. The van der Waals surface area contributed by atoms with Crippen LogP contribution < -0.4 is 4.90 Å². The molecular weight excluding hydrogens is 302 g/mol. The molecule has 3 rings (SSSR count). The van der Waals surface area contributed by atoms with Crippen LogP contribution >= 0.6 is 15.9 Å². The van der Waals surface area contributed by atoms with E-state index in [1.54, 1.807) is 0 Å². The van der Waals surface area contributed by atoms with Crippen LogP contribution in [-0.4, -0.2) is 41.6 Å². The Morgan fingerprint density at radius 3 is 3.00 bits per heavy atom. The van der Waals surface area contributed by atoms with Gasteiger partial charge in [0.15, 0.2) is 0 Å². The summed E-state index contributed by atoms with van der Waals surface area (Å²) >= 11 is 3.71. The summed E-state index contributed by atoms with van der Waals surface area (Å²) in [4.78, 5) is 9.78. The monoisotopic (exact) mass is 323 g/mol. The Bertz CT molecular complexity index is 463. The van der Waals surface area contributed by atoms with Gasteiger partial charge in [0, 0.05) is 31.4 Å². The molecule has 0 bridgehead atoms. The molecule has 0 saturated carbocycles. The molecule has 0 amide bonds. The maximum Gasteiger partial charge on any atom is 0.143 e. The summed E-state index contributed by atoms with van der Waals surface area (Å²) in [6.07, 6.45) is 6.02. The number of pyridine rings is 1. The number of piperazine rings is 1. The Balaban J connectivity index is 1.86. The van der Waals surface area contributed by atoms with Crippen molar-refractivity contribution in [2.75, 3.05) is 24.5 Å². The zero-order valence-electron chi connectivity index (χ0n) is 11.8. The van der Waals surface area contributed by atoms with Crippen molar-refractivity contribution in [2.45, 2.75) is 45.2 Å². The van der Waals surface area contributed by atoms with Gasteiger partial charge in [-0.15, -0.1) is 0 Å². The standard InChI is InChI=1S/C15H22BrN3/c1-11-6-7-17-15(14(11)16)19-10-13-5-3-4-8-18(13)9-12(19)2/h6-7,12-13H,3-5,8-10H2,1-2H3. The van der Waals surface area contributed by atoms with E-state index >= 15 is 0 Å². The molecule has 3 heterocycles. The van der Waals surface area contributed by atoms with Crippen molar-refractivity contribution in [3.8, 4) is 0 Å². The van der Waals surface area contributed by atoms with Crippen LogP contribution in [0.4, 0.5) is 5.82 Å². The Labute approximate surface area is 124 Å². The molecule has 2 fully saturated rings. The van der Waals surface area contributed by atoms with E-state index in [0.29, 0.717) is 6.04 Å². The van der Waals surface area contributed by atoms with Gasteiger partial charge in [-0.2, -0.15) is 0 Å².